The van der Waals surface area contributed by atoms with Crippen LogP contribution in [0, 0.1) is 13.8 Å². The Morgan fingerprint density at radius 1 is 0.909 bits per heavy atom. The number of amides is 1. The first-order valence-electron chi connectivity index (χ1n) is 18.8. The monoisotopic (exact) mass is 754 g/mol. The van der Waals surface area contributed by atoms with Gasteiger partial charge in [0.2, 0.25) is 0 Å². The molecular formula is C42H54N6O7. The molecule has 3 aromatic heterocycles. The van der Waals surface area contributed by atoms with Gasteiger partial charge in [-0.05, 0) is 74.1 Å². The Hall–Kier alpha value is -5.11. The van der Waals surface area contributed by atoms with Gasteiger partial charge in [-0.3, -0.25) is 19.4 Å². The topological polar surface area (TPSA) is 184 Å². The standard InChI is InChI=1S/C42H54N6O7/c1-9-27-23(3)31-20-33-25(5)29(11-12-37(49)52-7)40(47-33)30(19-38(50)53-8)41-39(42(51)44-14-16-55-18-17-54-15-13-43)26(6)34(48-41)22-36-28(10-2)24(4)32(46-36)21-35(27)45-31/h9,20-22,25,29,45,48H,1,10-19,43H2,2-8H3,(H,44,51). The van der Waals surface area contributed by atoms with Gasteiger partial charge in [0, 0.05) is 64.7 Å². The van der Waals surface area contributed by atoms with Crippen LogP contribution in [0.4, 0.5) is 0 Å². The number of hydrogen-bond donors (Lipinski definition) is 4. The van der Waals surface area contributed by atoms with Crippen LogP contribution in [0.25, 0.3) is 39.3 Å². The molecule has 55 heavy (non-hydrogen) atoms. The Bertz CT molecular complexity index is 2150. The SMILES string of the molecule is C=Cc1c(C)c2cc3nc(c(CC(=O)OC)c4[nH]c(cc5nc(cc1[nH]2)C(C)=C5CC)c(C)c4C(=O)NCCOCCOCCN)C(CCC(=O)OC)C3C. The smallest absolute Gasteiger partial charge is 0.310 e. The van der Waals surface area contributed by atoms with Crippen LogP contribution in [0.15, 0.2) is 24.8 Å². The van der Waals surface area contributed by atoms with Crippen molar-refractivity contribution in [2.75, 3.05) is 53.7 Å². The number of aryl methyl sites for hydroxylation is 2. The fraction of sp³-hybridized carbons (Fsp3) is 0.452. The molecule has 0 fully saturated rings. The average molecular weight is 755 g/mol. The van der Waals surface area contributed by atoms with E-state index in [1.165, 1.54) is 14.2 Å². The minimum atomic E-state index is -0.499. The molecule has 5 rings (SSSR count). The first-order valence-corrected chi connectivity index (χ1v) is 18.8. The van der Waals surface area contributed by atoms with E-state index in [1.807, 2.05) is 32.1 Å². The predicted molar refractivity (Wildman–Crippen MR) is 214 cm³/mol. The van der Waals surface area contributed by atoms with Crippen molar-refractivity contribution in [1.82, 2.24) is 25.3 Å². The maximum absolute atomic E-state index is 14.3. The zero-order valence-corrected chi connectivity index (χ0v) is 33.1. The van der Waals surface area contributed by atoms with Crippen molar-refractivity contribution in [1.29, 1.82) is 0 Å². The largest absolute Gasteiger partial charge is 0.469 e. The number of aromatic amines is 2. The van der Waals surface area contributed by atoms with E-state index < -0.39 is 5.97 Å². The Kier molecular flexibility index (Phi) is 13.8. The molecule has 0 spiro atoms. The average Bonchev–Trinajstić information content (AvgIpc) is 3.86. The van der Waals surface area contributed by atoms with E-state index in [1.54, 1.807) is 0 Å². The van der Waals surface area contributed by atoms with Crippen LogP contribution in [0.3, 0.4) is 0 Å². The molecule has 0 saturated heterocycles. The van der Waals surface area contributed by atoms with E-state index in [0.29, 0.717) is 66.2 Å². The summed E-state index contributed by atoms with van der Waals surface area (Å²) in [6, 6.07) is 6.03. The number of nitrogens with zero attached hydrogens (tertiary/aromatic N) is 2. The Morgan fingerprint density at radius 2 is 1.60 bits per heavy atom. The highest BCUT2D eigenvalue weighted by Gasteiger charge is 2.34. The van der Waals surface area contributed by atoms with Gasteiger partial charge >= 0.3 is 11.9 Å². The minimum absolute atomic E-state index is 0.141. The molecule has 0 saturated carbocycles. The summed E-state index contributed by atoms with van der Waals surface area (Å²) in [5, 5.41) is 3.01. The lowest BCUT2D eigenvalue weighted by Gasteiger charge is -2.18. The van der Waals surface area contributed by atoms with Gasteiger partial charge < -0.3 is 40.0 Å². The van der Waals surface area contributed by atoms with Gasteiger partial charge in [-0.2, -0.15) is 0 Å². The number of H-pyrrole nitrogens is 2. The van der Waals surface area contributed by atoms with Crippen LogP contribution in [0.1, 0.15) is 107 Å². The molecule has 2 aliphatic heterocycles. The first-order chi connectivity index (χ1) is 26.5. The number of fused-ring (bicyclic) bond motifs is 8. The van der Waals surface area contributed by atoms with Crippen LogP contribution in [0.2, 0.25) is 0 Å². The molecule has 13 nitrogen and oxygen atoms in total. The van der Waals surface area contributed by atoms with Crippen molar-refractivity contribution in [3.05, 3.63) is 75.4 Å². The third-order valence-electron chi connectivity index (χ3n) is 10.6. The summed E-state index contributed by atoms with van der Waals surface area (Å²) in [4.78, 5) is 57.5. The van der Waals surface area contributed by atoms with E-state index in [9.17, 15) is 14.4 Å². The third-order valence-corrected chi connectivity index (χ3v) is 10.6. The van der Waals surface area contributed by atoms with Crippen molar-refractivity contribution in [2.45, 2.75) is 72.1 Å². The second-order valence-electron chi connectivity index (χ2n) is 13.8. The lowest BCUT2D eigenvalue weighted by atomic mass is 9.85. The van der Waals surface area contributed by atoms with Crippen LogP contribution >= 0.6 is 0 Å². The van der Waals surface area contributed by atoms with Crippen LogP contribution in [-0.4, -0.2) is 91.5 Å². The van der Waals surface area contributed by atoms with Crippen molar-refractivity contribution in [3.63, 3.8) is 0 Å². The number of esters is 2. The number of carbonyl (C=O) groups excluding carboxylic acids is 3. The van der Waals surface area contributed by atoms with Gasteiger partial charge in [-0.15, -0.1) is 0 Å². The maximum atomic E-state index is 14.3. The molecule has 0 aromatic carbocycles. The number of allylic oxidation sites excluding steroid dienone is 2. The number of rotatable bonds is 16. The summed E-state index contributed by atoms with van der Waals surface area (Å²) < 4.78 is 21.3. The summed E-state index contributed by atoms with van der Waals surface area (Å²) in [6.45, 7) is 16.4. The van der Waals surface area contributed by atoms with Gasteiger partial charge in [0.25, 0.3) is 5.91 Å². The second kappa shape index (κ2) is 18.5. The van der Waals surface area contributed by atoms with Crippen LogP contribution in [-0.2, 0) is 35.0 Å². The number of ether oxygens (including phenoxy) is 4. The molecule has 294 valence electrons. The number of nitrogens with one attached hydrogen (secondary N) is 3. The van der Waals surface area contributed by atoms with Gasteiger partial charge in [-0.25, -0.2) is 4.98 Å². The predicted octanol–water partition coefficient (Wildman–Crippen LogP) is 6.19. The van der Waals surface area contributed by atoms with Gasteiger partial charge in [0.1, 0.15) is 0 Å². The summed E-state index contributed by atoms with van der Waals surface area (Å²) in [5.74, 6) is -1.65. The van der Waals surface area contributed by atoms with Crippen molar-refractivity contribution < 1.29 is 33.3 Å². The fourth-order valence-corrected chi connectivity index (χ4v) is 7.44. The van der Waals surface area contributed by atoms with Gasteiger partial charge in [-0.1, -0.05) is 26.5 Å². The molecule has 0 radical (unpaired) electrons. The van der Waals surface area contributed by atoms with Crippen LogP contribution in [0.5, 0.6) is 0 Å². The van der Waals surface area contributed by atoms with E-state index in [0.717, 1.165) is 56.8 Å². The quantitative estimate of drug-likeness (QED) is 0.0971. The molecule has 5 N–H and O–H groups in total. The molecule has 2 unspecified atom stereocenters. The zero-order chi connectivity index (χ0) is 39.8. The van der Waals surface area contributed by atoms with Gasteiger partial charge in [0.05, 0.1) is 75.2 Å². The molecule has 0 aliphatic carbocycles. The zero-order valence-electron chi connectivity index (χ0n) is 33.1. The van der Waals surface area contributed by atoms with E-state index in [2.05, 4.69) is 48.7 Å². The molecule has 5 heterocycles. The molecule has 3 aromatic rings. The number of nitrogens with two attached hydrogens (primary N) is 1. The highest BCUT2D eigenvalue weighted by Crippen LogP contribution is 2.43. The lowest BCUT2D eigenvalue weighted by molar-refractivity contribution is -0.141. The number of hydrogen-bond acceptors (Lipinski definition) is 10. The number of aromatic nitrogens is 4. The van der Waals surface area contributed by atoms with Crippen LogP contribution < -0.4 is 11.1 Å². The molecule has 1 amide bonds. The third kappa shape index (κ3) is 8.90. The van der Waals surface area contributed by atoms with Crippen molar-refractivity contribution >= 4 is 57.1 Å². The maximum Gasteiger partial charge on any atom is 0.310 e. The molecular weight excluding hydrogens is 700 g/mol. The fourth-order valence-electron chi connectivity index (χ4n) is 7.44. The Balaban J connectivity index is 1.83. The van der Waals surface area contributed by atoms with Crippen molar-refractivity contribution in [2.24, 2.45) is 5.73 Å². The number of methoxy groups -OCH3 is 2. The second-order valence-corrected chi connectivity index (χ2v) is 13.8. The Morgan fingerprint density at radius 3 is 2.27 bits per heavy atom. The highest BCUT2D eigenvalue weighted by atomic mass is 16.5. The summed E-state index contributed by atoms with van der Waals surface area (Å²) in [5.41, 5.74) is 16.9. The summed E-state index contributed by atoms with van der Waals surface area (Å²) >= 11 is 0. The highest BCUT2D eigenvalue weighted by molar-refractivity contribution is 6.06. The molecule has 13 heteroatoms. The lowest BCUT2D eigenvalue weighted by Crippen LogP contribution is -2.28. The molecule has 2 aliphatic rings. The van der Waals surface area contributed by atoms with Crippen molar-refractivity contribution in [3.8, 4) is 0 Å². The van der Waals surface area contributed by atoms with E-state index in [4.69, 9.17) is 34.6 Å². The number of carbonyl (C=O) groups is 3. The van der Waals surface area contributed by atoms with E-state index >= 15 is 0 Å². The molecule has 8 bridgehead atoms. The molecule has 2 atom stereocenters. The normalized spacial score (nSPS) is 15.3. The first kappa shape index (κ1) is 41.1. The Labute approximate surface area is 322 Å². The van der Waals surface area contributed by atoms with E-state index in [-0.39, 0.29) is 49.7 Å². The summed E-state index contributed by atoms with van der Waals surface area (Å²) in [7, 11) is 2.70. The minimum Gasteiger partial charge on any atom is -0.469 e. The van der Waals surface area contributed by atoms with Gasteiger partial charge in [0.15, 0.2) is 0 Å². The summed E-state index contributed by atoms with van der Waals surface area (Å²) in [6.07, 6.45) is 2.95.